The highest BCUT2D eigenvalue weighted by atomic mass is 16.5. The molecule has 0 fully saturated rings. The van der Waals surface area contributed by atoms with Crippen LogP contribution in [0.1, 0.15) is 25.0 Å². The Bertz CT molecular complexity index is 326. The van der Waals surface area contributed by atoms with Gasteiger partial charge in [-0.1, -0.05) is 26.0 Å². The maximum Gasteiger partial charge on any atom is 0.122 e. The van der Waals surface area contributed by atoms with Gasteiger partial charge in [0.1, 0.15) is 5.75 Å². The third-order valence-corrected chi connectivity index (χ3v) is 2.51. The standard InChI is InChI=1S/C12H16O/c1-9-4-5-10-7-12(2,3)8-13-11(10)6-9/h4-6H,7-8H2,1-3H3. The molecule has 0 N–H and O–H groups in total. The van der Waals surface area contributed by atoms with Crippen molar-refractivity contribution in [2.75, 3.05) is 6.61 Å². The van der Waals surface area contributed by atoms with E-state index in [2.05, 4.69) is 39.0 Å². The van der Waals surface area contributed by atoms with Crippen LogP contribution < -0.4 is 4.74 Å². The summed E-state index contributed by atoms with van der Waals surface area (Å²) in [5.41, 5.74) is 2.92. The van der Waals surface area contributed by atoms with E-state index < -0.39 is 0 Å². The summed E-state index contributed by atoms with van der Waals surface area (Å²) in [5.74, 6) is 1.08. The zero-order chi connectivity index (χ0) is 9.47. The molecule has 13 heavy (non-hydrogen) atoms. The Morgan fingerprint density at radius 2 is 2.08 bits per heavy atom. The Morgan fingerprint density at radius 1 is 1.31 bits per heavy atom. The van der Waals surface area contributed by atoms with E-state index in [9.17, 15) is 0 Å². The van der Waals surface area contributed by atoms with Gasteiger partial charge >= 0.3 is 0 Å². The van der Waals surface area contributed by atoms with Crippen LogP contribution in [-0.2, 0) is 6.42 Å². The summed E-state index contributed by atoms with van der Waals surface area (Å²) < 4.78 is 5.72. The molecule has 0 bridgehead atoms. The van der Waals surface area contributed by atoms with Crippen LogP contribution in [0.3, 0.4) is 0 Å². The third-order valence-electron chi connectivity index (χ3n) is 2.51. The molecule has 0 aromatic heterocycles. The van der Waals surface area contributed by atoms with E-state index in [0.717, 1.165) is 18.8 Å². The number of rotatable bonds is 0. The van der Waals surface area contributed by atoms with Gasteiger partial charge in [-0.25, -0.2) is 0 Å². The number of hydrogen-bond acceptors (Lipinski definition) is 1. The fourth-order valence-corrected chi connectivity index (χ4v) is 1.78. The molecule has 1 aromatic rings. The Hall–Kier alpha value is -0.980. The second-order valence-electron chi connectivity index (χ2n) is 4.74. The minimum Gasteiger partial charge on any atom is -0.493 e. The highest BCUT2D eigenvalue weighted by Gasteiger charge is 2.26. The molecule has 0 saturated heterocycles. The van der Waals surface area contributed by atoms with E-state index in [1.54, 1.807) is 0 Å². The molecule has 2 rings (SSSR count). The topological polar surface area (TPSA) is 9.23 Å². The Morgan fingerprint density at radius 3 is 2.85 bits per heavy atom. The SMILES string of the molecule is Cc1ccc2c(c1)OCC(C)(C)C2. The summed E-state index contributed by atoms with van der Waals surface area (Å²) in [5, 5.41) is 0. The molecule has 0 amide bonds. The number of ether oxygens (including phenoxy) is 1. The normalized spacial score (nSPS) is 19.0. The fraction of sp³-hybridized carbons (Fsp3) is 0.500. The maximum absolute atomic E-state index is 5.72. The van der Waals surface area contributed by atoms with Crippen LogP contribution in [0.15, 0.2) is 18.2 Å². The monoisotopic (exact) mass is 176 g/mol. The van der Waals surface area contributed by atoms with Gasteiger partial charge in [0.25, 0.3) is 0 Å². The summed E-state index contributed by atoms with van der Waals surface area (Å²) in [6.45, 7) is 7.43. The number of aryl methyl sites for hydroxylation is 1. The van der Waals surface area contributed by atoms with Crippen molar-refractivity contribution >= 4 is 0 Å². The molecule has 0 saturated carbocycles. The van der Waals surface area contributed by atoms with Crippen LogP contribution in [0, 0.1) is 12.3 Å². The van der Waals surface area contributed by atoms with Crippen LogP contribution in [-0.4, -0.2) is 6.61 Å². The predicted octanol–water partition coefficient (Wildman–Crippen LogP) is 2.96. The van der Waals surface area contributed by atoms with Crippen molar-refractivity contribution in [1.82, 2.24) is 0 Å². The molecule has 1 aliphatic heterocycles. The Balaban J connectivity index is 2.37. The second kappa shape index (κ2) is 2.76. The smallest absolute Gasteiger partial charge is 0.122 e. The molecule has 70 valence electrons. The molecule has 0 aliphatic carbocycles. The molecule has 0 unspecified atom stereocenters. The minimum absolute atomic E-state index is 0.294. The number of fused-ring (bicyclic) bond motifs is 1. The first-order valence-corrected chi connectivity index (χ1v) is 4.79. The van der Waals surface area contributed by atoms with Crippen molar-refractivity contribution in [2.45, 2.75) is 27.2 Å². The summed E-state index contributed by atoms with van der Waals surface area (Å²) >= 11 is 0. The lowest BCUT2D eigenvalue weighted by Gasteiger charge is -2.31. The van der Waals surface area contributed by atoms with Crippen molar-refractivity contribution in [3.8, 4) is 5.75 Å². The molecule has 0 atom stereocenters. The van der Waals surface area contributed by atoms with Gasteiger partial charge in [0.15, 0.2) is 0 Å². The highest BCUT2D eigenvalue weighted by Crippen LogP contribution is 2.34. The van der Waals surface area contributed by atoms with Crippen LogP contribution in [0.2, 0.25) is 0 Å². The molecule has 1 aromatic carbocycles. The first-order chi connectivity index (χ1) is 6.07. The van der Waals surface area contributed by atoms with Gasteiger partial charge in [0.05, 0.1) is 6.61 Å². The van der Waals surface area contributed by atoms with Gasteiger partial charge in [-0.05, 0) is 30.5 Å². The molecule has 1 nitrogen and oxygen atoms in total. The van der Waals surface area contributed by atoms with Crippen molar-refractivity contribution in [1.29, 1.82) is 0 Å². The van der Waals surface area contributed by atoms with Crippen molar-refractivity contribution in [3.05, 3.63) is 29.3 Å². The molecular weight excluding hydrogens is 160 g/mol. The van der Waals surface area contributed by atoms with E-state index >= 15 is 0 Å². The van der Waals surface area contributed by atoms with Gasteiger partial charge in [-0.2, -0.15) is 0 Å². The quantitative estimate of drug-likeness (QED) is 0.590. The van der Waals surface area contributed by atoms with E-state index in [1.807, 2.05) is 0 Å². The van der Waals surface area contributed by atoms with E-state index in [-0.39, 0.29) is 0 Å². The lowest BCUT2D eigenvalue weighted by atomic mass is 9.84. The van der Waals surface area contributed by atoms with Crippen LogP contribution in [0.4, 0.5) is 0 Å². The van der Waals surface area contributed by atoms with Gasteiger partial charge in [0.2, 0.25) is 0 Å². The van der Waals surface area contributed by atoms with Crippen molar-refractivity contribution < 1.29 is 4.74 Å². The van der Waals surface area contributed by atoms with Crippen LogP contribution in [0.25, 0.3) is 0 Å². The average Bonchev–Trinajstić information content (AvgIpc) is 2.05. The summed E-state index contributed by atoms with van der Waals surface area (Å²) in [7, 11) is 0. The number of benzene rings is 1. The Kier molecular flexibility index (Phi) is 1.83. The second-order valence-corrected chi connectivity index (χ2v) is 4.74. The van der Waals surface area contributed by atoms with E-state index in [1.165, 1.54) is 11.1 Å². The predicted molar refractivity (Wildman–Crippen MR) is 54.2 cm³/mol. The van der Waals surface area contributed by atoms with Gasteiger partial charge in [-0.3, -0.25) is 0 Å². The largest absolute Gasteiger partial charge is 0.493 e. The third kappa shape index (κ3) is 1.69. The number of hydrogen-bond donors (Lipinski definition) is 0. The summed E-state index contributed by atoms with van der Waals surface area (Å²) in [6, 6.07) is 6.47. The van der Waals surface area contributed by atoms with Gasteiger partial charge in [-0.15, -0.1) is 0 Å². The minimum atomic E-state index is 0.294. The first kappa shape index (κ1) is 8.61. The van der Waals surface area contributed by atoms with Gasteiger partial charge < -0.3 is 4.74 Å². The summed E-state index contributed by atoms with van der Waals surface area (Å²) in [6.07, 6.45) is 1.13. The molecule has 1 aliphatic rings. The van der Waals surface area contributed by atoms with Crippen molar-refractivity contribution in [2.24, 2.45) is 5.41 Å². The van der Waals surface area contributed by atoms with Gasteiger partial charge in [0, 0.05) is 5.41 Å². The molecule has 0 spiro atoms. The lowest BCUT2D eigenvalue weighted by Crippen LogP contribution is -2.28. The zero-order valence-corrected chi connectivity index (χ0v) is 8.55. The molecule has 1 heteroatoms. The fourth-order valence-electron chi connectivity index (χ4n) is 1.78. The molecule has 0 radical (unpaired) electrons. The van der Waals surface area contributed by atoms with Crippen LogP contribution in [0.5, 0.6) is 5.75 Å². The maximum atomic E-state index is 5.72. The van der Waals surface area contributed by atoms with E-state index in [0.29, 0.717) is 5.41 Å². The molecule has 1 heterocycles. The van der Waals surface area contributed by atoms with E-state index in [4.69, 9.17) is 4.74 Å². The zero-order valence-electron chi connectivity index (χ0n) is 8.55. The average molecular weight is 176 g/mol. The first-order valence-electron chi connectivity index (χ1n) is 4.79. The van der Waals surface area contributed by atoms with Crippen molar-refractivity contribution in [3.63, 3.8) is 0 Å². The lowest BCUT2D eigenvalue weighted by molar-refractivity contribution is 0.155. The summed E-state index contributed by atoms with van der Waals surface area (Å²) in [4.78, 5) is 0. The van der Waals surface area contributed by atoms with Crippen LogP contribution >= 0.6 is 0 Å². The Labute approximate surface area is 79.7 Å². The molecular formula is C12H16O. The highest BCUT2D eigenvalue weighted by molar-refractivity contribution is 5.39.